The van der Waals surface area contributed by atoms with Gasteiger partial charge in [0, 0.05) is 24.6 Å². The van der Waals surface area contributed by atoms with Gasteiger partial charge in [-0.25, -0.2) is 4.79 Å². The highest BCUT2D eigenvalue weighted by Gasteiger charge is 2.35. The van der Waals surface area contributed by atoms with Crippen molar-refractivity contribution in [2.75, 3.05) is 5.32 Å². The fourth-order valence-electron chi connectivity index (χ4n) is 1.78. The molecule has 0 fully saturated rings. The molecule has 1 aromatic carbocycles. The Kier molecular flexibility index (Phi) is 4.11. The molecule has 110 valence electrons. The standard InChI is InChI=1S/C14H11F3N2O2/c15-14(16,17)12-2-1-10(7-11(12)13(20)21)19-8-9-3-5-18-6-4-9/h1-7,19H,8H2,(H,20,21). The number of halogens is 3. The van der Waals surface area contributed by atoms with E-state index in [-0.39, 0.29) is 0 Å². The number of pyridine rings is 1. The van der Waals surface area contributed by atoms with Crippen LogP contribution in [0, 0.1) is 0 Å². The third-order valence-electron chi connectivity index (χ3n) is 2.80. The highest BCUT2D eigenvalue weighted by atomic mass is 19.4. The predicted molar refractivity (Wildman–Crippen MR) is 70.0 cm³/mol. The first-order valence-corrected chi connectivity index (χ1v) is 5.95. The average molecular weight is 296 g/mol. The molecule has 0 aliphatic rings. The van der Waals surface area contributed by atoms with Crippen molar-refractivity contribution < 1.29 is 23.1 Å². The first-order chi connectivity index (χ1) is 9.88. The lowest BCUT2D eigenvalue weighted by Crippen LogP contribution is -2.13. The largest absolute Gasteiger partial charge is 0.478 e. The Morgan fingerprint density at radius 3 is 2.43 bits per heavy atom. The van der Waals surface area contributed by atoms with Crippen molar-refractivity contribution in [3.8, 4) is 0 Å². The molecule has 0 aliphatic heterocycles. The molecule has 0 saturated carbocycles. The topological polar surface area (TPSA) is 62.2 Å². The van der Waals surface area contributed by atoms with E-state index in [4.69, 9.17) is 5.11 Å². The van der Waals surface area contributed by atoms with Crippen LogP contribution in [0.2, 0.25) is 0 Å². The summed E-state index contributed by atoms with van der Waals surface area (Å²) >= 11 is 0. The van der Waals surface area contributed by atoms with E-state index in [1.807, 2.05) is 0 Å². The number of nitrogens with zero attached hydrogens (tertiary/aromatic N) is 1. The van der Waals surface area contributed by atoms with Gasteiger partial charge in [-0.3, -0.25) is 4.98 Å². The van der Waals surface area contributed by atoms with Crippen LogP contribution in [0.4, 0.5) is 18.9 Å². The van der Waals surface area contributed by atoms with Crippen LogP contribution in [0.25, 0.3) is 0 Å². The molecule has 2 N–H and O–H groups in total. The van der Waals surface area contributed by atoms with Crippen molar-refractivity contribution in [2.45, 2.75) is 12.7 Å². The monoisotopic (exact) mass is 296 g/mol. The first-order valence-electron chi connectivity index (χ1n) is 5.95. The number of hydrogen-bond donors (Lipinski definition) is 2. The first kappa shape index (κ1) is 14.8. The van der Waals surface area contributed by atoms with Crippen molar-refractivity contribution in [2.24, 2.45) is 0 Å². The number of carboxylic acid groups (broad SMARTS) is 1. The Hall–Kier alpha value is -2.57. The summed E-state index contributed by atoms with van der Waals surface area (Å²) in [5, 5.41) is 11.8. The number of nitrogens with one attached hydrogen (secondary N) is 1. The number of anilines is 1. The molecule has 0 saturated heterocycles. The summed E-state index contributed by atoms with van der Waals surface area (Å²) in [4.78, 5) is 14.8. The number of hydrogen-bond acceptors (Lipinski definition) is 3. The highest BCUT2D eigenvalue weighted by molar-refractivity contribution is 5.91. The number of carbonyl (C=O) groups is 1. The van der Waals surface area contributed by atoms with Gasteiger partial charge in [-0.15, -0.1) is 0 Å². The summed E-state index contributed by atoms with van der Waals surface area (Å²) in [6, 6.07) is 6.44. The van der Waals surface area contributed by atoms with Gasteiger partial charge in [0.05, 0.1) is 11.1 Å². The van der Waals surface area contributed by atoms with Gasteiger partial charge >= 0.3 is 12.1 Å². The Balaban J connectivity index is 2.22. The van der Waals surface area contributed by atoms with Gasteiger partial charge in [-0.2, -0.15) is 13.2 Å². The zero-order valence-corrected chi connectivity index (χ0v) is 10.7. The molecule has 0 bridgehead atoms. The maximum Gasteiger partial charge on any atom is 0.417 e. The zero-order valence-electron chi connectivity index (χ0n) is 10.7. The predicted octanol–water partition coefficient (Wildman–Crippen LogP) is 3.41. The van der Waals surface area contributed by atoms with Crippen LogP contribution in [0.5, 0.6) is 0 Å². The van der Waals surface area contributed by atoms with Gasteiger partial charge in [0.15, 0.2) is 0 Å². The molecule has 0 spiro atoms. The molecule has 21 heavy (non-hydrogen) atoms. The van der Waals surface area contributed by atoms with E-state index in [0.29, 0.717) is 12.2 Å². The van der Waals surface area contributed by atoms with Crippen LogP contribution < -0.4 is 5.32 Å². The van der Waals surface area contributed by atoms with E-state index in [2.05, 4.69) is 10.3 Å². The summed E-state index contributed by atoms with van der Waals surface area (Å²) in [6.07, 6.45) is -1.52. The minimum atomic E-state index is -4.70. The normalized spacial score (nSPS) is 11.2. The van der Waals surface area contributed by atoms with Crippen molar-refractivity contribution in [1.82, 2.24) is 4.98 Å². The van der Waals surface area contributed by atoms with Crippen LogP contribution in [-0.4, -0.2) is 16.1 Å². The molecular weight excluding hydrogens is 285 g/mol. The van der Waals surface area contributed by atoms with Crippen molar-refractivity contribution in [3.63, 3.8) is 0 Å². The van der Waals surface area contributed by atoms with Crippen LogP contribution in [-0.2, 0) is 12.7 Å². The third kappa shape index (κ3) is 3.71. The van der Waals surface area contributed by atoms with E-state index in [9.17, 15) is 18.0 Å². The molecule has 2 rings (SSSR count). The SMILES string of the molecule is O=C(O)c1cc(NCc2ccncc2)ccc1C(F)(F)F. The van der Waals surface area contributed by atoms with Gasteiger partial charge in [0.2, 0.25) is 0 Å². The fraction of sp³-hybridized carbons (Fsp3) is 0.143. The third-order valence-corrected chi connectivity index (χ3v) is 2.80. The van der Waals surface area contributed by atoms with Gasteiger partial charge in [-0.1, -0.05) is 0 Å². The van der Waals surface area contributed by atoms with E-state index in [1.54, 1.807) is 24.5 Å². The molecule has 0 radical (unpaired) electrons. The summed E-state index contributed by atoms with van der Waals surface area (Å²) in [6.45, 7) is 0.354. The minimum Gasteiger partial charge on any atom is -0.478 e. The lowest BCUT2D eigenvalue weighted by Gasteiger charge is -2.13. The summed E-state index contributed by atoms with van der Waals surface area (Å²) < 4.78 is 38.1. The molecular formula is C14H11F3N2O2. The summed E-state index contributed by atoms with van der Waals surface area (Å²) in [7, 11) is 0. The van der Waals surface area contributed by atoms with Crippen LogP contribution in [0.1, 0.15) is 21.5 Å². The number of alkyl halides is 3. The fourth-order valence-corrected chi connectivity index (χ4v) is 1.78. The van der Waals surface area contributed by atoms with Gasteiger partial charge < -0.3 is 10.4 Å². The Morgan fingerprint density at radius 2 is 1.86 bits per heavy atom. The Labute approximate surface area is 118 Å². The molecule has 2 aromatic rings. The quantitative estimate of drug-likeness (QED) is 0.907. The van der Waals surface area contributed by atoms with Crippen LogP contribution in [0.3, 0.4) is 0 Å². The van der Waals surface area contributed by atoms with Crippen LogP contribution >= 0.6 is 0 Å². The Bertz CT molecular complexity index is 642. The number of carboxylic acids is 1. The summed E-state index contributed by atoms with van der Waals surface area (Å²) in [5.41, 5.74) is -0.759. The molecule has 0 unspecified atom stereocenters. The van der Waals surface area contributed by atoms with Crippen molar-refractivity contribution >= 4 is 11.7 Å². The van der Waals surface area contributed by atoms with Gasteiger partial charge in [-0.05, 0) is 35.9 Å². The zero-order chi connectivity index (χ0) is 15.5. The molecule has 0 amide bonds. The second-order valence-electron chi connectivity index (χ2n) is 4.27. The van der Waals surface area contributed by atoms with Crippen LogP contribution in [0.15, 0.2) is 42.7 Å². The second-order valence-corrected chi connectivity index (χ2v) is 4.27. The van der Waals surface area contributed by atoms with E-state index in [1.165, 1.54) is 6.07 Å². The molecule has 4 nitrogen and oxygen atoms in total. The van der Waals surface area contributed by atoms with E-state index < -0.39 is 23.3 Å². The van der Waals surface area contributed by atoms with Crippen molar-refractivity contribution in [3.05, 3.63) is 59.4 Å². The highest BCUT2D eigenvalue weighted by Crippen LogP contribution is 2.33. The molecule has 1 heterocycles. The number of aromatic nitrogens is 1. The lowest BCUT2D eigenvalue weighted by atomic mass is 10.1. The van der Waals surface area contributed by atoms with Gasteiger partial charge in [0.1, 0.15) is 0 Å². The average Bonchev–Trinajstić information content (AvgIpc) is 2.45. The minimum absolute atomic E-state index is 0.303. The molecule has 1 aromatic heterocycles. The number of benzene rings is 1. The molecule has 7 heteroatoms. The maximum absolute atomic E-state index is 12.7. The Morgan fingerprint density at radius 1 is 1.19 bits per heavy atom. The summed E-state index contributed by atoms with van der Waals surface area (Å²) in [5.74, 6) is -1.62. The van der Waals surface area contributed by atoms with E-state index in [0.717, 1.165) is 17.7 Å². The molecule has 0 atom stereocenters. The lowest BCUT2D eigenvalue weighted by molar-refractivity contribution is -0.138. The number of aromatic carboxylic acids is 1. The molecule has 0 aliphatic carbocycles. The maximum atomic E-state index is 12.7. The second kappa shape index (κ2) is 5.82. The number of rotatable bonds is 4. The van der Waals surface area contributed by atoms with Gasteiger partial charge in [0.25, 0.3) is 0 Å². The van der Waals surface area contributed by atoms with E-state index >= 15 is 0 Å². The van der Waals surface area contributed by atoms with Crippen molar-refractivity contribution in [1.29, 1.82) is 0 Å². The smallest absolute Gasteiger partial charge is 0.417 e.